The quantitative estimate of drug-likeness (QED) is 0.768. The third-order valence-electron chi connectivity index (χ3n) is 2.12. The van der Waals surface area contributed by atoms with Crippen molar-refractivity contribution < 1.29 is 19.4 Å². The van der Waals surface area contributed by atoms with Gasteiger partial charge in [-0.1, -0.05) is 6.07 Å². The van der Waals surface area contributed by atoms with Gasteiger partial charge in [-0.2, -0.15) is 0 Å². The van der Waals surface area contributed by atoms with Crippen LogP contribution in [0.2, 0.25) is 0 Å². The maximum absolute atomic E-state index is 11.5. The normalized spacial score (nSPS) is 10.2. The average molecular weight is 235 g/mol. The number of carboxylic acid groups (broad SMARTS) is 1. The predicted octanol–water partition coefficient (Wildman–Crippen LogP) is 1.15. The maximum atomic E-state index is 11.5. The summed E-state index contributed by atoms with van der Waals surface area (Å²) in [6, 6.07) is 4.83. The molecule has 1 amide bonds. The van der Waals surface area contributed by atoms with Crippen LogP contribution >= 0.6 is 0 Å². The molecule has 0 fully saturated rings. The predicted molar refractivity (Wildman–Crippen MR) is 63.1 cm³/mol. The molecular weight excluding hydrogens is 222 g/mol. The van der Waals surface area contributed by atoms with Crippen LogP contribution < -0.4 is 10.1 Å². The minimum atomic E-state index is -1.03. The fourth-order valence-electron chi connectivity index (χ4n) is 1.30. The number of aliphatic carboxylic acids is 1. The first-order chi connectivity index (χ1) is 8.08. The van der Waals surface area contributed by atoms with Crippen molar-refractivity contribution in [3.05, 3.63) is 35.4 Å². The standard InChI is InChI=1S/C12H13NO4/c1-13-12(16)9-5-3-8(4-6-11(14)15)7-10(9)17-2/h3-7H,1-2H3,(H,13,16)(H,14,15). The second kappa shape index (κ2) is 5.69. The summed E-state index contributed by atoms with van der Waals surface area (Å²) in [5.74, 6) is -0.883. The van der Waals surface area contributed by atoms with E-state index >= 15 is 0 Å². The molecule has 0 saturated heterocycles. The summed E-state index contributed by atoms with van der Waals surface area (Å²) in [7, 11) is 2.98. The van der Waals surface area contributed by atoms with Gasteiger partial charge in [-0.05, 0) is 23.8 Å². The van der Waals surface area contributed by atoms with Crippen molar-refractivity contribution in [3.8, 4) is 5.75 Å². The molecule has 1 rings (SSSR count). The monoisotopic (exact) mass is 235 g/mol. The van der Waals surface area contributed by atoms with E-state index in [0.717, 1.165) is 6.08 Å². The van der Waals surface area contributed by atoms with Gasteiger partial charge < -0.3 is 15.2 Å². The summed E-state index contributed by atoms with van der Waals surface area (Å²) in [6.45, 7) is 0. The van der Waals surface area contributed by atoms with Crippen molar-refractivity contribution in [3.63, 3.8) is 0 Å². The van der Waals surface area contributed by atoms with Gasteiger partial charge in [0.15, 0.2) is 0 Å². The average Bonchev–Trinajstić information content (AvgIpc) is 2.34. The topological polar surface area (TPSA) is 75.6 Å². The van der Waals surface area contributed by atoms with Crippen molar-refractivity contribution in [2.75, 3.05) is 14.2 Å². The van der Waals surface area contributed by atoms with E-state index in [1.807, 2.05) is 0 Å². The van der Waals surface area contributed by atoms with Crippen LogP contribution in [0.5, 0.6) is 5.75 Å². The van der Waals surface area contributed by atoms with Gasteiger partial charge in [0.05, 0.1) is 12.7 Å². The van der Waals surface area contributed by atoms with Gasteiger partial charge in [-0.3, -0.25) is 4.79 Å². The van der Waals surface area contributed by atoms with E-state index in [9.17, 15) is 9.59 Å². The molecule has 0 bridgehead atoms. The number of ether oxygens (including phenoxy) is 1. The van der Waals surface area contributed by atoms with Crippen molar-refractivity contribution in [1.82, 2.24) is 5.32 Å². The molecule has 0 aliphatic rings. The smallest absolute Gasteiger partial charge is 0.328 e. The van der Waals surface area contributed by atoms with Crippen LogP contribution in [0, 0.1) is 0 Å². The van der Waals surface area contributed by atoms with Crippen molar-refractivity contribution in [1.29, 1.82) is 0 Å². The highest BCUT2D eigenvalue weighted by Gasteiger charge is 2.10. The molecule has 1 aromatic rings. The van der Waals surface area contributed by atoms with Crippen LogP contribution in [-0.4, -0.2) is 31.1 Å². The SMILES string of the molecule is CNC(=O)c1ccc(C=CC(=O)O)cc1OC. The number of methoxy groups -OCH3 is 1. The molecule has 0 radical (unpaired) electrons. The summed E-state index contributed by atoms with van der Waals surface area (Å²) in [5, 5.41) is 11.0. The highest BCUT2D eigenvalue weighted by molar-refractivity contribution is 5.97. The van der Waals surface area contributed by atoms with Gasteiger partial charge in [-0.15, -0.1) is 0 Å². The number of amides is 1. The zero-order valence-corrected chi connectivity index (χ0v) is 9.56. The Bertz CT molecular complexity index is 466. The molecule has 0 heterocycles. The molecule has 2 N–H and O–H groups in total. The molecule has 0 spiro atoms. The second-order valence-electron chi connectivity index (χ2n) is 3.21. The summed E-state index contributed by atoms with van der Waals surface area (Å²) in [5.41, 5.74) is 1.05. The highest BCUT2D eigenvalue weighted by Crippen LogP contribution is 2.20. The minimum absolute atomic E-state index is 0.254. The molecule has 0 unspecified atom stereocenters. The zero-order valence-electron chi connectivity index (χ0n) is 9.56. The van der Waals surface area contributed by atoms with Gasteiger partial charge in [0.25, 0.3) is 5.91 Å². The van der Waals surface area contributed by atoms with Crippen LogP contribution in [0.15, 0.2) is 24.3 Å². The fraction of sp³-hybridized carbons (Fsp3) is 0.167. The Kier molecular flexibility index (Phi) is 4.28. The first kappa shape index (κ1) is 12.8. The first-order valence-electron chi connectivity index (χ1n) is 4.89. The first-order valence-corrected chi connectivity index (χ1v) is 4.89. The number of benzene rings is 1. The number of carbonyl (C=O) groups is 2. The Labute approximate surface area is 98.7 Å². The Morgan fingerprint density at radius 1 is 1.41 bits per heavy atom. The third kappa shape index (κ3) is 3.34. The van der Waals surface area contributed by atoms with E-state index in [4.69, 9.17) is 9.84 Å². The molecular formula is C12H13NO4. The van der Waals surface area contributed by atoms with Crippen LogP contribution in [-0.2, 0) is 4.79 Å². The molecule has 0 aliphatic heterocycles. The number of hydrogen-bond acceptors (Lipinski definition) is 3. The van der Waals surface area contributed by atoms with Gasteiger partial charge in [0.1, 0.15) is 5.75 Å². The Hall–Kier alpha value is -2.30. The Balaban J connectivity index is 3.08. The molecule has 5 heteroatoms. The van der Waals surface area contributed by atoms with Crippen LogP contribution in [0.3, 0.4) is 0 Å². The Morgan fingerprint density at radius 3 is 2.65 bits per heavy atom. The van der Waals surface area contributed by atoms with Crippen LogP contribution in [0.1, 0.15) is 15.9 Å². The van der Waals surface area contributed by atoms with Gasteiger partial charge >= 0.3 is 5.97 Å². The van der Waals surface area contributed by atoms with E-state index in [2.05, 4.69) is 5.32 Å². The molecule has 17 heavy (non-hydrogen) atoms. The van der Waals surface area contributed by atoms with Gasteiger partial charge in [0.2, 0.25) is 0 Å². The molecule has 5 nitrogen and oxygen atoms in total. The highest BCUT2D eigenvalue weighted by atomic mass is 16.5. The van der Waals surface area contributed by atoms with Gasteiger partial charge in [0, 0.05) is 13.1 Å². The lowest BCUT2D eigenvalue weighted by molar-refractivity contribution is -0.131. The lowest BCUT2D eigenvalue weighted by Crippen LogP contribution is -2.18. The number of nitrogens with one attached hydrogen (secondary N) is 1. The molecule has 0 aromatic heterocycles. The Morgan fingerprint density at radius 2 is 2.12 bits per heavy atom. The van der Waals surface area contributed by atoms with Crippen LogP contribution in [0.25, 0.3) is 6.08 Å². The van der Waals surface area contributed by atoms with E-state index in [1.165, 1.54) is 20.2 Å². The minimum Gasteiger partial charge on any atom is -0.496 e. The van der Waals surface area contributed by atoms with Crippen LogP contribution in [0.4, 0.5) is 0 Å². The van der Waals surface area contributed by atoms with E-state index < -0.39 is 5.97 Å². The number of hydrogen-bond donors (Lipinski definition) is 2. The van der Waals surface area contributed by atoms with E-state index in [-0.39, 0.29) is 5.91 Å². The number of rotatable bonds is 4. The molecule has 0 atom stereocenters. The van der Waals surface area contributed by atoms with E-state index in [0.29, 0.717) is 16.9 Å². The molecule has 0 aliphatic carbocycles. The zero-order chi connectivity index (χ0) is 12.8. The number of carbonyl (C=O) groups excluding carboxylic acids is 1. The molecule has 0 saturated carbocycles. The summed E-state index contributed by atoms with van der Waals surface area (Å²) >= 11 is 0. The third-order valence-corrected chi connectivity index (χ3v) is 2.12. The second-order valence-corrected chi connectivity index (χ2v) is 3.21. The fourth-order valence-corrected chi connectivity index (χ4v) is 1.30. The van der Waals surface area contributed by atoms with E-state index in [1.54, 1.807) is 18.2 Å². The van der Waals surface area contributed by atoms with Crippen molar-refractivity contribution >= 4 is 18.0 Å². The van der Waals surface area contributed by atoms with Crippen molar-refractivity contribution in [2.24, 2.45) is 0 Å². The molecule has 1 aromatic carbocycles. The lowest BCUT2D eigenvalue weighted by atomic mass is 10.1. The van der Waals surface area contributed by atoms with Crippen molar-refractivity contribution in [2.45, 2.75) is 0 Å². The lowest BCUT2D eigenvalue weighted by Gasteiger charge is -2.07. The summed E-state index contributed by atoms with van der Waals surface area (Å²) in [6.07, 6.45) is 2.45. The maximum Gasteiger partial charge on any atom is 0.328 e. The summed E-state index contributed by atoms with van der Waals surface area (Å²) in [4.78, 5) is 21.8. The largest absolute Gasteiger partial charge is 0.496 e. The summed E-state index contributed by atoms with van der Waals surface area (Å²) < 4.78 is 5.07. The molecule has 90 valence electrons. The van der Waals surface area contributed by atoms with Gasteiger partial charge in [-0.25, -0.2) is 4.79 Å². The number of carboxylic acids is 1.